The van der Waals surface area contributed by atoms with Gasteiger partial charge in [0.15, 0.2) is 6.10 Å². The number of ether oxygens (including phenoxy) is 1. The van der Waals surface area contributed by atoms with E-state index in [4.69, 9.17) is 4.74 Å². The molecule has 0 heterocycles. The van der Waals surface area contributed by atoms with E-state index < -0.39 is 41.9 Å². The van der Waals surface area contributed by atoms with Gasteiger partial charge in [0, 0.05) is 27.3 Å². The SMILES string of the molecule is CNC(=O)C(NC(=O)C(Cc1ccccc1)NC(C)=O)C(OC(C)=O)c1ccc(O)cc1. The maximum Gasteiger partial charge on any atom is 0.303 e. The summed E-state index contributed by atoms with van der Waals surface area (Å²) < 4.78 is 5.36. The molecule has 0 aromatic heterocycles. The van der Waals surface area contributed by atoms with E-state index in [-0.39, 0.29) is 12.2 Å². The first-order valence-electron chi connectivity index (χ1n) is 10.0. The molecule has 32 heavy (non-hydrogen) atoms. The van der Waals surface area contributed by atoms with Gasteiger partial charge in [0.25, 0.3) is 0 Å². The molecule has 4 N–H and O–H groups in total. The number of aromatic hydroxyl groups is 1. The lowest BCUT2D eigenvalue weighted by atomic mass is 9.99. The molecule has 3 amide bonds. The van der Waals surface area contributed by atoms with Crippen LogP contribution in [0.5, 0.6) is 5.75 Å². The number of phenols is 1. The molecule has 3 unspecified atom stereocenters. The van der Waals surface area contributed by atoms with Gasteiger partial charge in [-0.05, 0) is 23.3 Å². The molecule has 0 aliphatic heterocycles. The lowest BCUT2D eigenvalue weighted by Gasteiger charge is -2.28. The van der Waals surface area contributed by atoms with Gasteiger partial charge in [-0.3, -0.25) is 19.2 Å². The molecule has 0 radical (unpaired) electrons. The van der Waals surface area contributed by atoms with Gasteiger partial charge in [0.2, 0.25) is 17.7 Å². The molecule has 3 atom stereocenters. The predicted molar refractivity (Wildman–Crippen MR) is 116 cm³/mol. The van der Waals surface area contributed by atoms with Crippen LogP contribution in [0, 0.1) is 0 Å². The summed E-state index contributed by atoms with van der Waals surface area (Å²) in [4.78, 5) is 49.2. The Labute approximate surface area is 186 Å². The Bertz CT molecular complexity index is 946. The zero-order chi connectivity index (χ0) is 23.7. The van der Waals surface area contributed by atoms with Gasteiger partial charge in [-0.25, -0.2) is 0 Å². The van der Waals surface area contributed by atoms with Crippen molar-refractivity contribution < 1.29 is 29.0 Å². The summed E-state index contributed by atoms with van der Waals surface area (Å²) in [6.45, 7) is 2.48. The van der Waals surface area contributed by atoms with Crippen molar-refractivity contribution >= 4 is 23.7 Å². The average molecular weight is 441 g/mol. The molecule has 2 aromatic rings. The zero-order valence-corrected chi connectivity index (χ0v) is 18.1. The quantitative estimate of drug-likeness (QED) is 0.429. The number of hydrogen-bond donors (Lipinski definition) is 4. The Morgan fingerprint density at radius 2 is 1.53 bits per heavy atom. The smallest absolute Gasteiger partial charge is 0.303 e. The molecule has 170 valence electrons. The number of phenolic OH excluding ortho intramolecular Hbond substituents is 1. The number of esters is 1. The van der Waals surface area contributed by atoms with Crippen LogP contribution in [0.2, 0.25) is 0 Å². The van der Waals surface area contributed by atoms with Gasteiger partial charge in [0.05, 0.1) is 0 Å². The molecule has 2 aromatic carbocycles. The zero-order valence-electron chi connectivity index (χ0n) is 18.1. The standard InChI is InChI=1S/C23H27N3O6/c1-14(27)25-19(13-16-7-5-4-6-8-16)22(30)26-20(23(31)24-3)21(32-15(2)28)17-9-11-18(29)12-10-17/h4-12,19-21,29H,13H2,1-3H3,(H,24,31)(H,25,27)(H,26,30). The van der Waals surface area contributed by atoms with Crippen molar-refractivity contribution in [2.45, 2.75) is 38.5 Å². The number of carbonyl (C=O) groups excluding carboxylic acids is 4. The minimum atomic E-state index is -1.28. The van der Waals surface area contributed by atoms with E-state index in [1.165, 1.54) is 45.2 Å². The number of likely N-dealkylation sites (N-methyl/N-ethyl adjacent to an activating group) is 1. The monoisotopic (exact) mass is 441 g/mol. The van der Waals surface area contributed by atoms with Crippen LogP contribution < -0.4 is 16.0 Å². The van der Waals surface area contributed by atoms with Crippen molar-refractivity contribution in [1.29, 1.82) is 0 Å². The normalized spacial score (nSPS) is 13.2. The van der Waals surface area contributed by atoms with E-state index in [1.807, 2.05) is 30.3 Å². The summed E-state index contributed by atoms with van der Waals surface area (Å²) in [6.07, 6.45) is -0.962. The highest BCUT2D eigenvalue weighted by atomic mass is 16.5. The van der Waals surface area contributed by atoms with Crippen LogP contribution in [0.4, 0.5) is 0 Å². The second-order valence-corrected chi connectivity index (χ2v) is 7.16. The lowest BCUT2D eigenvalue weighted by Crippen LogP contribution is -2.56. The fourth-order valence-corrected chi connectivity index (χ4v) is 3.16. The van der Waals surface area contributed by atoms with Crippen molar-refractivity contribution in [3.8, 4) is 5.75 Å². The molecule has 2 rings (SSSR count). The van der Waals surface area contributed by atoms with Crippen molar-refractivity contribution in [3.05, 3.63) is 65.7 Å². The van der Waals surface area contributed by atoms with Crippen LogP contribution in [-0.2, 0) is 30.3 Å². The molecule has 0 saturated heterocycles. The van der Waals surface area contributed by atoms with Crippen molar-refractivity contribution in [1.82, 2.24) is 16.0 Å². The van der Waals surface area contributed by atoms with Gasteiger partial charge < -0.3 is 25.8 Å². The Balaban J connectivity index is 2.35. The molecular formula is C23H27N3O6. The minimum absolute atomic E-state index is 0.00978. The number of rotatable bonds is 9. The molecule has 0 bridgehead atoms. The van der Waals surface area contributed by atoms with Crippen LogP contribution in [0.1, 0.15) is 31.1 Å². The summed E-state index contributed by atoms with van der Waals surface area (Å²) in [5.74, 6) is -2.29. The van der Waals surface area contributed by atoms with E-state index in [1.54, 1.807) is 0 Å². The van der Waals surface area contributed by atoms with E-state index >= 15 is 0 Å². The number of nitrogens with one attached hydrogen (secondary N) is 3. The first kappa shape index (κ1) is 24.4. The molecule has 0 saturated carbocycles. The van der Waals surface area contributed by atoms with E-state index in [0.717, 1.165) is 5.56 Å². The molecular weight excluding hydrogens is 414 g/mol. The van der Waals surface area contributed by atoms with Crippen LogP contribution in [0.25, 0.3) is 0 Å². The Morgan fingerprint density at radius 1 is 0.906 bits per heavy atom. The topological polar surface area (TPSA) is 134 Å². The molecule has 0 aliphatic carbocycles. The van der Waals surface area contributed by atoms with Gasteiger partial charge >= 0.3 is 5.97 Å². The molecule has 9 nitrogen and oxygen atoms in total. The maximum atomic E-state index is 13.1. The number of benzene rings is 2. The summed E-state index contributed by atoms with van der Waals surface area (Å²) in [6, 6.07) is 12.6. The third-order valence-corrected chi connectivity index (χ3v) is 4.62. The third kappa shape index (κ3) is 7.12. The highest BCUT2D eigenvalue weighted by molar-refractivity contribution is 5.92. The van der Waals surface area contributed by atoms with Gasteiger partial charge in [0.1, 0.15) is 17.8 Å². The van der Waals surface area contributed by atoms with Crippen LogP contribution in [0.3, 0.4) is 0 Å². The second kappa shape index (κ2) is 11.5. The second-order valence-electron chi connectivity index (χ2n) is 7.16. The van der Waals surface area contributed by atoms with Crippen LogP contribution in [-0.4, -0.2) is 47.9 Å². The minimum Gasteiger partial charge on any atom is -0.508 e. The Morgan fingerprint density at radius 3 is 2.06 bits per heavy atom. The first-order chi connectivity index (χ1) is 15.2. The summed E-state index contributed by atoms with van der Waals surface area (Å²) in [5, 5.41) is 17.2. The first-order valence-corrected chi connectivity index (χ1v) is 10.0. The van der Waals surface area contributed by atoms with E-state index in [0.29, 0.717) is 5.56 Å². The summed E-state index contributed by atoms with van der Waals surface area (Å²) in [5.41, 5.74) is 1.21. The fraction of sp³-hybridized carbons (Fsp3) is 0.304. The molecule has 0 aliphatic rings. The molecule has 9 heteroatoms. The Kier molecular flexibility index (Phi) is 8.76. The van der Waals surface area contributed by atoms with Gasteiger partial charge in [-0.2, -0.15) is 0 Å². The highest BCUT2D eigenvalue weighted by Gasteiger charge is 2.35. The third-order valence-electron chi connectivity index (χ3n) is 4.62. The number of hydrogen-bond acceptors (Lipinski definition) is 6. The van der Waals surface area contributed by atoms with Crippen molar-refractivity contribution in [2.24, 2.45) is 0 Å². The largest absolute Gasteiger partial charge is 0.508 e. The van der Waals surface area contributed by atoms with Crippen LogP contribution in [0.15, 0.2) is 54.6 Å². The molecule has 0 fully saturated rings. The van der Waals surface area contributed by atoms with Crippen molar-refractivity contribution in [2.75, 3.05) is 7.05 Å². The van der Waals surface area contributed by atoms with Gasteiger partial charge in [-0.1, -0.05) is 42.5 Å². The highest BCUT2D eigenvalue weighted by Crippen LogP contribution is 2.24. The summed E-state index contributed by atoms with van der Waals surface area (Å²) >= 11 is 0. The maximum absolute atomic E-state index is 13.1. The Hall–Kier alpha value is -3.88. The molecule has 0 spiro atoms. The van der Waals surface area contributed by atoms with Crippen LogP contribution >= 0.6 is 0 Å². The predicted octanol–water partition coefficient (Wildman–Crippen LogP) is 0.975. The van der Waals surface area contributed by atoms with E-state index in [2.05, 4.69) is 16.0 Å². The fourth-order valence-electron chi connectivity index (χ4n) is 3.16. The lowest BCUT2D eigenvalue weighted by molar-refractivity contribution is -0.151. The summed E-state index contributed by atoms with van der Waals surface area (Å²) in [7, 11) is 1.39. The van der Waals surface area contributed by atoms with Crippen molar-refractivity contribution in [3.63, 3.8) is 0 Å². The van der Waals surface area contributed by atoms with E-state index in [9.17, 15) is 24.3 Å². The average Bonchev–Trinajstić information content (AvgIpc) is 2.76. The van der Waals surface area contributed by atoms with Gasteiger partial charge in [-0.15, -0.1) is 0 Å². The number of carbonyl (C=O) groups is 4. The number of amides is 3.